The Morgan fingerprint density at radius 1 is 0.840 bits per heavy atom. The smallest absolute Gasteiger partial charge is 0.302 e. The Kier molecular flexibility index (Phi) is 18.4. The van der Waals surface area contributed by atoms with Crippen molar-refractivity contribution in [1.29, 1.82) is 0 Å². The second kappa shape index (κ2) is 18.0. The zero-order chi connectivity index (χ0) is 18.8. The Bertz CT molecular complexity index is 313. The van der Waals surface area contributed by atoms with Crippen LogP contribution in [0.5, 0.6) is 0 Å². The first-order chi connectivity index (χ1) is 12.1. The minimum atomic E-state index is -3.93. The summed E-state index contributed by atoms with van der Waals surface area (Å²) in [4.78, 5) is 9.85. The summed E-state index contributed by atoms with van der Waals surface area (Å²) >= 11 is 3.20. The van der Waals surface area contributed by atoms with Crippen molar-refractivity contribution in [3.8, 4) is 0 Å². The molecule has 0 aromatic rings. The van der Waals surface area contributed by atoms with Crippen molar-refractivity contribution in [2.75, 3.05) is 11.9 Å². The van der Waals surface area contributed by atoms with Crippen LogP contribution >= 0.6 is 23.8 Å². The van der Waals surface area contributed by atoms with E-state index in [-0.39, 0.29) is 12.7 Å². The van der Waals surface area contributed by atoms with Crippen molar-refractivity contribution in [2.45, 2.75) is 110 Å². The van der Waals surface area contributed by atoms with Gasteiger partial charge in [0.1, 0.15) is 0 Å². The van der Waals surface area contributed by atoms with Crippen molar-refractivity contribution in [2.24, 2.45) is 0 Å². The summed E-state index contributed by atoms with van der Waals surface area (Å²) < 4.78 is 22.5. The normalized spacial score (nSPS) is 14.1. The average Bonchev–Trinajstić information content (AvgIpc) is 2.58. The lowest BCUT2D eigenvalue weighted by Gasteiger charge is -2.21. The van der Waals surface area contributed by atoms with Gasteiger partial charge in [0.25, 0.3) is 0 Å². The predicted molar refractivity (Wildman–Crippen MR) is 110 cm³/mol. The van der Waals surface area contributed by atoms with Crippen molar-refractivity contribution in [1.82, 2.24) is 0 Å². The number of rotatable bonds is 19. The van der Waals surface area contributed by atoms with Gasteiger partial charge in [-0.25, -0.2) is 4.57 Å². The molecule has 0 saturated carbocycles. The molecule has 0 amide bonds. The number of halogens is 1. The molecule has 0 saturated heterocycles. The van der Waals surface area contributed by atoms with Gasteiger partial charge in [0.15, 0.2) is 0 Å². The van der Waals surface area contributed by atoms with Crippen LogP contribution in [0.3, 0.4) is 0 Å². The molecular weight excluding hydrogens is 403 g/mol. The SMILES string of the molecule is CCCCCCCCC(CCCCCCCC)OP(=O)(O)OCCBr. The van der Waals surface area contributed by atoms with Crippen LogP contribution in [0, 0.1) is 0 Å². The molecule has 1 atom stereocenters. The fourth-order valence-electron chi connectivity index (χ4n) is 2.92. The molecule has 6 heteroatoms. The maximum absolute atomic E-state index is 12.0. The van der Waals surface area contributed by atoms with E-state index in [0.29, 0.717) is 5.33 Å². The number of phosphoric ester groups is 1. The topological polar surface area (TPSA) is 55.8 Å². The number of hydrogen-bond donors (Lipinski definition) is 1. The van der Waals surface area contributed by atoms with Crippen LogP contribution in [0.1, 0.15) is 104 Å². The van der Waals surface area contributed by atoms with E-state index in [1.54, 1.807) is 0 Å². The molecule has 0 fully saturated rings. The number of alkyl halides is 1. The first-order valence-corrected chi connectivity index (χ1v) is 12.9. The van der Waals surface area contributed by atoms with E-state index < -0.39 is 7.82 Å². The van der Waals surface area contributed by atoms with Crippen molar-refractivity contribution in [3.63, 3.8) is 0 Å². The van der Waals surface area contributed by atoms with E-state index in [9.17, 15) is 9.46 Å². The number of unbranched alkanes of at least 4 members (excludes halogenated alkanes) is 10. The maximum atomic E-state index is 12.0. The highest BCUT2D eigenvalue weighted by molar-refractivity contribution is 9.09. The van der Waals surface area contributed by atoms with Gasteiger partial charge >= 0.3 is 7.82 Å². The molecule has 0 aliphatic rings. The Morgan fingerprint density at radius 2 is 1.28 bits per heavy atom. The van der Waals surface area contributed by atoms with Crippen LogP contribution in [0.2, 0.25) is 0 Å². The van der Waals surface area contributed by atoms with Crippen LogP contribution in [-0.2, 0) is 13.6 Å². The standard InChI is InChI=1S/C19H40BrO4P/c1-3-5-7-9-11-13-15-19(16-14-12-10-8-6-4-2)24-25(21,22)23-18-17-20/h19H,3-18H2,1-2H3,(H,21,22). The molecular formula is C19H40BrO4P. The molecule has 0 spiro atoms. The monoisotopic (exact) mass is 442 g/mol. The largest absolute Gasteiger partial charge is 0.472 e. The van der Waals surface area contributed by atoms with Gasteiger partial charge in [-0.15, -0.1) is 0 Å². The van der Waals surface area contributed by atoms with Gasteiger partial charge in [-0.2, -0.15) is 0 Å². The first kappa shape index (κ1) is 25.6. The molecule has 25 heavy (non-hydrogen) atoms. The third kappa shape index (κ3) is 17.7. The Morgan fingerprint density at radius 3 is 1.72 bits per heavy atom. The van der Waals surface area contributed by atoms with Crippen LogP contribution in [0.4, 0.5) is 0 Å². The molecule has 152 valence electrons. The van der Waals surface area contributed by atoms with E-state index in [0.717, 1.165) is 25.7 Å². The lowest BCUT2D eigenvalue weighted by molar-refractivity contribution is 0.0946. The molecule has 0 aliphatic carbocycles. The van der Waals surface area contributed by atoms with Gasteiger partial charge in [-0.3, -0.25) is 9.05 Å². The van der Waals surface area contributed by atoms with Crippen LogP contribution in [0.25, 0.3) is 0 Å². The summed E-state index contributed by atoms with van der Waals surface area (Å²) in [7, 11) is -3.93. The average molecular weight is 443 g/mol. The van der Waals surface area contributed by atoms with Gasteiger partial charge in [0, 0.05) is 5.33 Å². The van der Waals surface area contributed by atoms with Gasteiger partial charge in [0.2, 0.25) is 0 Å². The summed E-state index contributed by atoms with van der Waals surface area (Å²) in [6.45, 7) is 4.63. The summed E-state index contributed by atoms with van der Waals surface area (Å²) in [6.07, 6.45) is 16.2. The molecule has 0 bridgehead atoms. The molecule has 0 aromatic heterocycles. The summed E-state index contributed by atoms with van der Waals surface area (Å²) in [5.41, 5.74) is 0. The van der Waals surface area contributed by atoms with Crippen LogP contribution in [-0.4, -0.2) is 22.9 Å². The Hall–Kier alpha value is 0.590. The highest BCUT2D eigenvalue weighted by atomic mass is 79.9. The Labute approximate surface area is 164 Å². The van der Waals surface area contributed by atoms with E-state index in [4.69, 9.17) is 9.05 Å². The van der Waals surface area contributed by atoms with E-state index >= 15 is 0 Å². The molecule has 0 aliphatic heterocycles. The van der Waals surface area contributed by atoms with Gasteiger partial charge < -0.3 is 4.89 Å². The quantitative estimate of drug-likeness (QED) is 0.129. The third-order valence-corrected chi connectivity index (χ3v) is 5.77. The third-order valence-electron chi connectivity index (χ3n) is 4.37. The molecule has 0 aromatic carbocycles. The summed E-state index contributed by atoms with van der Waals surface area (Å²) in [5.74, 6) is 0. The Balaban J connectivity index is 4.14. The molecule has 0 heterocycles. The second-order valence-corrected chi connectivity index (χ2v) is 9.03. The summed E-state index contributed by atoms with van der Waals surface area (Å²) in [6, 6.07) is 0. The first-order valence-electron chi connectivity index (χ1n) is 10.3. The fourth-order valence-corrected chi connectivity index (χ4v) is 4.31. The molecule has 4 nitrogen and oxygen atoms in total. The van der Waals surface area contributed by atoms with Gasteiger partial charge in [-0.1, -0.05) is 107 Å². The molecule has 0 radical (unpaired) electrons. The molecule has 0 rings (SSSR count). The fraction of sp³-hybridized carbons (Fsp3) is 1.00. The minimum absolute atomic E-state index is 0.163. The second-order valence-electron chi connectivity index (χ2n) is 6.83. The van der Waals surface area contributed by atoms with E-state index in [1.165, 1.54) is 64.2 Å². The molecule has 1 unspecified atom stereocenters. The predicted octanol–water partition coefficient (Wildman–Crippen LogP) is 7.38. The van der Waals surface area contributed by atoms with Crippen molar-refractivity contribution >= 4 is 23.8 Å². The number of phosphoric acid groups is 1. The van der Waals surface area contributed by atoms with E-state index in [1.807, 2.05) is 0 Å². The number of hydrogen-bond acceptors (Lipinski definition) is 3. The van der Waals surface area contributed by atoms with Gasteiger partial charge in [0.05, 0.1) is 12.7 Å². The zero-order valence-corrected chi connectivity index (χ0v) is 18.9. The highest BCUT2D eigenvalue weighted by Gasteiger charge is 2.25. The summed E-state index contributed by atoms with van der Waals surface area (Å²) in [5, 5.41) is 0.528. The van der Waals surface area contributed by atoms with Crippen molar-refractivity contribution < 1.29 is 18.5 Å². The lowest BCUT2D eigenvalue weighted by atomic mass is 10.0. The lowest BCUT2D eigenvalue weighted by Crippen LogP contribution is -2.13. The maximum Gasteiger partial charge on any atom is 0.472 e. The van der Waals surface area contributed by atoms with E-state index in [2.05, 4.69) is 29.8 Å². The minimum Gasteiger partial charge on any atom is -0.302 e. The van der Waals surface area contributed by atoms with Crippen LogP contribution < -0.4 is 0 Å². The zero-order valence-electron chi connectivity index (χ0n) is 16.4. The van der Waals surface area contributed by atoms with Crippen molar-refractivity contribution in [3.05, 3.63) is 0 Å². The van der Waals surface area contributed by atoms with Crippen LogP contribution in [0.15, 0.2) is 0 Å². The van der Waals surface area contributed by atoms with Gasteiger partial charge in [-0.05, 0) is 12.8 Å². The highest BCUT2D eigenvalue weighted by Crippen LogP contribution is 2.46. The molecule has 1 N–H and O–H groups in total.